The predicted octanol–water partition coefficient (Wildman–Crippen LogP) is 4.10. The van der Waals surface area contributed by atoms with Crippen LogP contribution in [0.15, 0.2) is 36.4 Å². The van der Waals surface area contributed by atoms with Crippen molar-refractivity contribution in [3.63, 3.8) is 0 Å². The molecule has 166 valence electrons. The van der Waals surface area contributed by atoms with Crippen molar-refractivity contribution in [2.45, 2.75) is 40.0 Å². The van der Waals surface area contributed by atoms with E-state index in [4.69, 9.17) is 30.5 Å². The number of carbonyl (C=O) groups is 2. The number of nitrogens with one attached hydrogen (secondary N) is 1. The Hall–Kier alpha value is -2.77. The van der Waals surface area contributed by atoms with E-state index in [9.17, 15) is 9.59 Å². The molecule has 1 heterocycles. The smallest absolute Gasteiger partial charge is 0.329 e. The molecule has 0 saturated heterocycles. The Morgan fingerprint density at radius 2 is 1.94 bits per heavy atom. The summed E-state index contributed by atoms with van der Waals surface area (Å²) in [6, 6.07) is 9.39. The Bertz CT molecular complexity index is 928. The molecule has 2 aromatic rings. The Kier molecular flexibility index (Phi) is 7.76. The number of benzene rings is 2. The summed E-state index contributed by atoms with van der Waals surface area (Å²) in [4.78, 5) is 25.4. The second-order valence-corrected chi connectivity index (χ2v) is 7.86. The van der Waals surface area contributed by atoms with Gasteiger partial charge in [-0.1, -0.05) is 25.4 Å². The van der Waals surface area contributed by atoms with E-state index >= 15 is 0 Å². The van der Waals surface area contributed by atoms with Gasteiger partial charge in [-0.15, -0.1) is 0 Å². The molecule has 2 aromatic carbocycles. The van der Waals surface area contributed by atoms with Gasteiger partial charge < -0.3 is 24.3 Å². The van der Waals surface area contributed by atoms with Crippen molar-refractivity contribution < 1.29 is 28.5 Å². The minimum Gasteiger partial charge on any atom is -0.494 e. The molecule has 3 rings (SSSR count). The maximum absolute atomic E-state index is 12.8. The van der Waals surface area contributed by atoms with Gasteiger partial charge in [0.2, 0.25) is 0 Å². The summed E-state index contributed by atoms with van der Waals surface area (Å²) < 4.78 is 21.7. The molecule has 1 aliphatic rings. The standard InChI is InChI=1S/C23H26ClNO6/c1-4-29-19-7-5-15(6-8-19)22(26)25-20(14(2)3)23(27)30-12-17-10-18(24)9-16-11-28-13-31-21(16)17/h5-10,14,20H,4,11-13H2,1-3H3,(H,25,26). The van der Waals surface area contributed by atoms with Gasteiger partial charge in [-0.25, -0.2) is 4.79 Å². The lowest BCUT2D eigenvalue weighted by atomic mass is 10.0. The van der Waals surface area contributed by atoms with Gasteiger partial charge >= 0.3 is 5.97 Å². The summed E-state index contributed by atoms with van der Waals surface area (Å²) >= 11 is 6.16. The zero-order valence-electron chi connectivity index (χ0n) is 17.8. The van der Waals surface area contributed by atoms with Crippen LogP contribution in [-0.4, -0.2) is 31.3 Å². The Balaban J connectivity index is 1.66. The summed E-state index contributed by atoms with van der Waals surface area (Å²) in [6.45, 7) is 6.59. The number of hydrogen-bond acceptors (Lipinski definition) is 6. The van der Waals surface area contributed by atoms with E-state index < -0.39 is 12.0 Å². The first-order valence-corrected chi connectivity index (χ1v) is 10.5. The van der Waals surface area contributed by atoms with Crippen LogP contribution in [0.5, 0.6) is 11.5 Å². The largest absolute Gasteiger partial charge is 0.494 e. The average Bonchev–Trinajstić information content (AvgIpc) is 2.75. The SMILES string of the molecule is CCOc1ccc(C(=O)NC(C(=O)OCc2cc(Cl)cc3c2OCOC3)C(C)C)cc1. The molecule has 1 atom stereocenters. The fourth-order valence-corrected chi connectivity index (χ4v) is 3.46. The number of esters is 1. The van der Waals surface area contributed by atoms with Gasteiger partial charge in [-0.3, -0.25) is 4.79 Å². The van der Waals surface area contributed by atoms with Gasteiger partial charge in [0, 0.05) is 21.7 Å². The van der Waals surface area contributed by atoms with E-state index in [0.29, 0.717) is 40.9 Å². The molecule has 1 N–H and O–H groups in total. The number of hydrogen-bond donors (Lipinski definition) is 1. The van der Waals surface area contributed by atoms with Gasteiger partial charge in [0.1, 0.15) is 24.1 Å². The van der Waals surface area contributed by atoms with Crippen LogP contribution in [0.4, 0.5) is 0 Å². The first-order chi connectivity index (χ1) is 14.9. The third-order valence-electron chi connectivity index (χ3n) is 4.76. The van der Waals surface area contributed by atoms with E-state index in [-0.39, 0.29) is 25.2 Å². The molecule has 31 heavy (non-hydrogen) atoms. The molecule has 0 saturated carbocycles. The summed E-state index contributed by atoms with van der Waals surface area (Å²) in [6.07, 6.45) is 0. The van der Waals surface area contributed by atoms with E-state index in [1.165, 1.54) is 0 Å². The highest BCUT2D eigenvalue weighted by Gasteiger charge is 2.27. The molecular formula is C23H26ClNO6. The third kappa shape index (κ3) is 5.89. The van der Waals surface area contributed by atoms with E-state index in [1.54, 1.807) is 36.4 Å². The molecule has 1 aliphatic heterocycles. The molecule has 8 heteroatoms. The van der Waals surface area contributed by atoms with Gasteiger partial charge in [0.05, 0.1) is 13.2 Å². The number of amides is 1. The normalized spacial score (nSPS) is 13.7. The number of rotatable bonds is 8. The second-order valence-electron chi connectivity index (χ2n) is 7.42. The summed E-state index contributed by atoms with van der Waals surface area (Å²) in [7, 11) is 0. The van der Waals surface area contributed by atoms with Gasteiger partial charge in [-0.2, -0.15) is 0 Å². The van der Waals surface area contributed by atoms with Crippen molar-refractivity contribution >= 4 is 23.5 Å². The number of fused-ring (bicyclic) bond motifs is 1. The van der Waals surface area contributed by atoms with Crippen LogP contribution >= 0.6 is 11.6 Å². The van der Waals surface area contributed by atoms with Crippen LogP contribution in [0.3, 0.4) is 0 Å². The maximum atomic E-state index is 12.8. The van der Waals surface area contributed by atoms with Crippen molar-refractivity contribution in [1.29, 1.82) is 0 Å². The fraction of sp³-hybridized carbons (Fsp3) is 0.391. The van der Waals surface area contributed by atoms with Gasteiger partial charge in [0.15, 0.2) is 6.79 Å². The van der Waals surface area contributed by atoms with Crippen molar-refractivity contribution in [2.75, 3.05) is 13.4 Å². The lowest BCUT2D eigenvalue weighted by Crippen LogP contribution is -2.45. The van der Waals surface area contributed by atoms with Crippen molar-refractivity contribution in [2.24, 2.45) is 5.92 Å². The van der Waals surface area contributed by atoms with Crippen LogP contribution in [-0.2, 0) is 27.5 Å². The summed E-state index contributed by atoms with van der Waals surface area (Å²) in [5, 5.41) is 3.27. The summed E-state index contributed by atoms with van der Waals surface area (Å²) in [5.41, 5.74) is 1.88. The van der Waals surface area contributed by atoms with Crippen LogP contribution in [0.2, 0.25) is 5.02 Å². The minimum absolute atomic E-state index is 0.0239. The quantitative estimate of drug-likeness (QED) is 0.613. The number of ether oxygens (including phenoxy) is 4. The van der Waals surface area contributed by atoms with Crippen molar-refractivity contribution in [3.05, 3.63) is 58.1 Å². The molecule has 0 aromatic heterocycles. The molecule has 0 bridgehead atoms. The lowest BCUT2D eigenvalue weighted by Gasteiger charge is -2.23. The van der Waals surface area contributed by atoms with Gasteiger partial charge in [-0.05, 0) is 49.2 Å². The van der Waals surface area contributed by atoms with Crippen LogP contribution < -0.4 is 14.8 Å². The van der Waals surface area contributed by atoms with Gasteiger partial charge in [0.25, 0.3) is 5.91 Å². The molecule has 0 radical (unpaired) electrons. The predicted molar refractivity (Wildman–Crippen MR) is 115 cm³/mol. The highest BCUT2D eigenvalue weighted by atomic mass is 35.5. The molecule has 1 unspecified atom stereocenters. The van der Waals surface area contributed by atoms with Crippen molar-refractivity contribution in [1.82, 2.24) is 5.32 Å². The first-order valence-electron chi connectivity index (χ1n) is 10.1. The van der Waals surface area contributed by atoms with Crippen LogP contribution in [0.1, 0.15) is 42.3 Å². The molecule has 0 aliphatic carbocycles. The summed E-state index contributed by atoms with van der Waals surface area (Å²) in [5.74, 6) is 0.228. The van der Waals surface area contributed by atoms with Crippen molar-refractivity contribution in [3.8, 4) is 11.5 Å². The zero-order chi connectivity index (χ0) is 22.4. The van der Waals surface area contributed by atoms with Crippen LogP contribution in [0.25, 0.3) is 0 Å². The highest BCUT2D eigenvalue weighted by molar-refractivity contribution is 6.30. The van der Waals surface area contributed by atoms with E-state index in [2.05, 4.69) is 5.32 Å². The highest BCUT2D eigenvalue weighted by Crippen LogP contribution is 2.32. The molecule has 0 spiro atoms. The average molecular weight is 448 g/mol. The topological polar surface area (TPSA) is 83.1 Å². The Morgan fingerprint density at radius 1 is 1.19 bits per heavy atom. The number of halogens is 1. The monoisotopic (exact) mass is 447 g/mol. The Morgan fingerprint density at radius 3 is 2.61 bits per heavy atom. The molecular weight excluding hydrogens is 422 g/mol. The zero-order valence-corrected chi connectivity index (χ0v) is 18.5. The molecule has 1 amide bonds. The fourth-order valence-electron chi connectivity index (χ4n) is 3.19. The second kappa shape index (κ2) is 10.5. The van der Waals surface area contributed by atoms with E-state index in [1.807, 2.05) is 20.8 Å². The number of carbonyl (C=O) groups excluding carboxylic acids is 2. The van der Waals surface area contributed by atoms with E-state index in [0.717, 1.165) is 5.56 Å². The van der Waals surface area contributed by atoms with Crippen LogP contribution in [0, 0.1) is 5.92 Å². The molecule has 0 fully saturated rings. The molecule has 7 nitrogen and oxygen atoms in total. The Labute approximate surface area is 186 Å². The minimum atomic E-state index is -0.807. The lowest BCUT2D eigenvalue weighted by molar-refractivity contribution is -0.148. The third-order valence-corrected chi connectivity index (χ3v) is 4.97. The maximum Gasteiger partial charge on any atom is 0.329 e. The first kappa shape index (κ1) is 22.9.